The number of aryl methyl sites for hydroxylation is 1. The minimum Gasteiger partial charge on any atom is -0.492 e. The summed E-state index contributed by atoms with van der Waals surface area (Å²) in [6.07, 6.45) is 1.59. The van der Waals surface area contributed by atoms with Crippen molar-refractivity contribution in [3.05, 3.63) is 65.3 Å². The molecule has 2 heterocycles. The predicted octanol–water partition coefficient (Wildman–Crippen LogP) is 3.61. The van der Waals surface area contributed by atoms with Crippen molar-refractivity contribution in [2.45, 2.75) is 6.61 Å². The van der Waals surface area contributed by atoms with Crippen LogP contribution in [-0.2, 0) is 27.9 Å². The van der Waals surface area contributed by atoms with Crippen LogP contribution in [0, 0.1) is 0 Å². The molecule has 0 radical (unpaired) electrons. The van der Waals surface area contributed by atoms with Crippen LogP contribution in [0.2, 0.25) is 5.02 Å². The SMILES string of the molecule is Cn1ncc(Cl)c1-c1cc(NC(=O)COCc2ccccc2)ccc1OCCN1CCOCC1. The average molecular weight is 485 g/mol. The van der Waals surface area contributed by atoms with Crippen LogP contribution in [-0.4, -0.2) is 66.6 Å². The highest BCUT2D eigenvalue weighted by atomic mass is 35.5. The first-order chi connectivity index (χ1) is 16.6. The molecule has 34 heavy (non-hydrogen) atoms. The van der Waals surface area contributed by atoms with Gasteiger partial charge in [-0.25, -0.2) is 0 Å². The van der Waals surface area contributed by atoms with Crippen LogP contribution in [0.15, 0.2) is 54.7 Å². The lowest BCUT2D eigenvalue weighted by atomic mass is 10.1. The third-order valence-electron chi connectivity index (χ3n) is 5.53. The fourth-order valence-electron chi connectivity index (χ4n) is 3.77. The smallest absolute Gasteiger partial charge is 0.250 e. The quantitative estimate of drug-likeness (QED) is 0.473. The van der Waals surface area contributed by atoms with Gasteiger partial charge >= 0.3 is 0 Å². The van der Waals surface area contributed by atoms with Crippen LogP contribution in [0.1, 0.15) is 5.56 Å². The third-order valence-corrected chi connectivity index (χ3v) is 5.80. The molecular formula is C25H29ClN4O4. The van der Waals surface area contributed by atoms with E-state index in [0.29, 0.717) is 29.7 Å². The lowest BCUT2D eigenvalue weighted by Crippen LogP contribution is -2.38. The Morgan fingerprint density at radius 1 is 1.18 bits per heavy atom. The third kappa shape index (κ3) is 6.57. The maximum absolute atomic E-state index is 12.4. The van der Waals surface area contributed by atoms with E-state index in [0.717, 1.165) is 49.7 Å². The maximum Gasteiger partial charge on any atom is 0.250 e. The zero-order chi connectivity index (χ0) is 23.8. The number of rotatable bonds is 10. The van der Waals surface area contributed by atoms with Gasteiger partial charge in [-0.05, 0) is 23.8 Å². The Morgan fingerprint density at radius 2 is 1.97 bits per heavy atom. The molecule has 0 saturated carbocycles. The molecule has 0 spiro atoms. The minimum absolute atomic E-state index is 0.0471. The zero-order valence-electron chi connectivity index (χ0n) is 19.2. The van der Waals surface area contributed by atoms with E-state index in [1.807, 2.05) is 55.6 Å². The van der Waals surface area contributed by atoms with Crippen molar-refractivity contribution >= 4 is 23.2 Å². The molecule has 1 aliphatic heterocycles. The van der Waals surface area contributed by atoms with Crippen LogP contribution >= 0.6 is 11.6 Å². The molecule has 2 aromatic carbocycles. The van der Waals surface area contributed by atoms with Crippen LogP contribution in [0.4, 0.5) is 5.69 Å². The first-order valence-corrected chi connectivity index (χ1v) is 11.6. The summed E-state index contributed by atoms with van der Waals surface area (Å²) in [6, 6.07) is 15.2. The number of carbonyl (C=O) groups excluding carboxylic acids is 1. The van der Waals surface area contributed by atoms with E-state index in [4.69, 9.17) is 25.8 Å². The van der Waals surface area contributed by atoms with E-state index < -0.39 is 0 Å². The standard InChI is InChI=1S/C25H29ClN4O4/c1-29-25(22(26)16-27-29)21-15-20(28-24(31)18-33-17-19-5-3-2-4-6-19)7-8-23(21)34-14-11-30-9-12-32-13-10-30/h2-8,15-16H,9-14,17-18H2,1H3,(H,28,31). The van der Waals surface area contributed by atoms with E-state index in [2.05, 4.69) is 15.3 Å². The summed E-state index contributed by atoms with van der Waals surface area (Å²) >= 11 is 6.42. The molecule has 1 saturated heterocycles. The van der Waals surface area contributed by atoms with Gasteiger partial charge in [0.05, 0.1) is 36.7 Å². The van der Waals surface area contributed by atoms with E-state index in [1.54, 1.807) is 10.9 Å². The van der Waals surface area contributed by atoms with Crippen LogP contribution in [0.3, 0.4) is 0 Å². The number of benzene rings is 2. The van der Waals surface area contributed by atoms with Crippen molar-refractivity contribution in [3.63, 3.8) is 0 Å². The van der Waals surface area contributed by atoms with E-state index in [1.165, 1.54) is 0 Å². The number of anilines is 1. The summed E-state index contributed by atoms with van der Waals surface area (Å²) < 4.78 is 18.8. The molecule has 180 valence electrons. The number of ether oxygens (including phenoxy) is 3. The molecule has 1 aromatic heterocycles. The van der Waals surface area contributed by atoms with Crippen LogP contribution in [0.25, 0.3) is 11.3 Å². The summed E-state index contributed by atoms with van der Waals surface area (Å²) in [6.45, 7) is 4.97. The van der Waals surface area contributed by atoms with Gasteiger partial charge < -0.3 is 19.5 Å². The molecule has 9 heteroatoms. The minimum atomic E-state index is -0.237. The number of amides is 1. The molecule has 0 aliphatic carbocycles. The number of nitrogens with zero attached hydrogens (tertiary/aromatic N) is 3. The highest BCUT2D eigenvalue weighted by molar-refractivity contribution is 6.33. The molecule has 3 aromatic rings. The van der Waals surface area contributed by atoms with Gasteiger partial charge in [-0.1, -0.05) is 41.9 Å². The van der Waals surface area contributed by atoms with Crippen molar-refractivity contribution in [3.8, 4) is 17.0 Å². The first kappa shape index (κ1) is 24.2. The van der Waals surface area contributed by atoms with Gasteiger partial charge in [-0.2, -0.15) is 5.10 Å². The number of carbonyl (C=O) groups is 1. The van der Waals surface area contributed by atoms with Gasteiger partial charge in [0, 0.05) is 37.9 Å². The van der Waals surface area contributed by atoms with Crippen molar-refractivity contribution in [2.75, 3.05) is 51.4 Å². The van der Waals surface area contributed by atoms with E-state index in [9.17, 15) is 4.79 Å². The Morgan fingerprint density at radius 3 is 2.71 bits per heavy atom. The molecule has 0 bridgehead atoms. The number of aromatic nitrogens is 2. The maximum atomic E-state index is 12.4. The molecule has 1 N–H and O–H groups in total. The van der Waals surface area contributed by atoms with Crippen LogP contribution in [0.5, 0.6) is 5.75 Å². The van der Waals surface area contributed by atoms with Gasteiger partial charge in [0.15, 0.2) is 0 Å². The lowest BCUT2D eigenvalue weighted by molar-refractivity contribution is -0.121. The topological polar surface area (TPSA) is 77.9 Å². The van der Waals surface area contributed by atoms with Crippen molar-refractivity contribution < 1.29 is 19.0 Å². The Kier molecular flexibility index (Phi) is 8.54. The largest absolute Gasteiger partial charge is 0.492 e. The number of hydrogen-bond donors (Lipinski definition) is 1. The van der Waals surface area contributed by atoms with Crippen LogP contribution < -0.4 is 10.1 Å². The summed E-state index contributed by atoms with van der Waals surface area (Å²) in [5.74, 6) is 0.441. The van der Waals surface area contributed by atoms with Gasteiger partial charge in [-0.3, -0.25) is 14.4 Å². The zero-order valence-corrected chi connectivity index (χ0v) is 20.0. The highest BCUT2D eigenvalue weighted by Gasteiger charge is 2.17. The van der Waals surface area contributed by atoms with Gasteiger partial charge in [0.25, 0.3) is 0 Å². The summed E-state index contributed by atoms with van der Waals surface area (Å²) in [5.41, 5.74) is 3.12. The summed E-state index contributed by atoms with van der Waals surface area (Å²) in [5, 5.41) is 7.65. The molecule has 4 rings (SSSR count). The van der Waals surface area contributed by atoms with Crippen molar-refractivity contribution in [1.29, 1.82) is 0 Å². The molecular weight excluding hydrogens is 456 g/mol. The second kappa shape index (κ2) is 12.0. The van der Waals surface area contributed by atoms with Crippen molar-refractivity contribution in [1.82, 2.24) is 14.7 Å². The molecule has 1 fully saturated rings. The fraction of sp³-hybridized carbons (Fsp3) is 0.360. The number of nitrogens with one attached hydrogen (secondary N) is 1. The molecule has 1 amide bonds. The first-order valence-electron chi connectivity index (χ1n) is 11.3. The molecule has 0 atom stereocenters. The highest BCUT2D eigenvalue weighted by Crippen LogP contribution is 2.36. The monoisotopic (exact) mass is 484 g/mol. The summed E-state index contributed by atoms with van der Waals surface area (Å²) in [7, 11) is 1.82. The second-order valence-corrected chi connectivity index (χ2v) is 8.41. The molecule has 8 nitrogen and oxygen atoms in total. The lowest BCUT2D eigenvalue weighted by Gasteiger charge is -2.26. The number of morpholine rings is 1. The van der Waals surface area contributed by atoms with E-state index >= 15 is 0 Å². The van der Waals surface area contributed by atoms with Gasteiger partial charge in [0.2, 0.25) is 5.91 Å². The number of hydrogen-bond acceptors (Lipinski definition) is 6. The fourth-order valence-corrected chi connectivity index (χ4v) is 4.04. The van der Waals surface area contributed by atoms with Gasteiger partial charge in [0.1, 0.15) is 19.0 Å². The van der Waals surface area contributed by atoms with E-state index in [-0.39, 0.29) is 12.5 Å². The summed E-state index contributed by atoms with van der Waals surface area (Å²) in [4.78, 5) is 14.7. The normalized spacial score (nSPS) is 14.2. The van der Waals surface area contributed by atoms with Crippen molar-refractivity contribution in [2.24, 2.45) is 7.05 Å². The predicted molar refractivity (Wildman–Crippen MR) is 131 cm³/mol. The Bertz CT molecular complexity index is 1060. The molecule has 0 unspecified atom stereocenters. The molecule has 1 aliphatic rings. The van der Waals surface area contributed by atoms with Gasteiger partial charge in [-0.15, -0.1) is 0 Å². The average Bonchev–Trinajstić information content (AvgIpc) is 3.19. The Hall–Kier alpha value is -2.91. The number of halogens is 1. The Labute approximate surface area is 204 Å². The second-order valence-electron chi connectivity index (χ2n) is 8.00. The Balaban J connectivity index is 1.41.